The second-order valence-corrected chi connectivity index (χ2v) is 12.8. The van der Waals surface area contributed by atoms with Crippen LogP contribution in [0.3, 0.4) is 0 Å². The van der Waals surface area contributed by atoms with E-state index in [0.717, 1.165) is 0 Å². The molecule has 0 unspecified atom stereocenters. The smallest absolute Gasteiger partial charge is 0.353 e. The summed E-state index contributed by atoms with van der Waals surface area (Å²) in [5.41, 5.74) is -0.334. The number of β-lactam (4-membered cyclic amide) rings is 1. The highest BCUT2D eigenvalue weighted by Gasteiger charge is 2.60. The van der Waals surface area contributed by atoms with Gasteiger partial charge in [0.1, 0.15) is 12.2 Å². The number of thioether (sulfide) groups is 1. The zero-order valence-corrected chi connectivity index (χ0v) is 23.6. The van der Waals surface area contributed by atoms with Crippen LogP contribution in [0.2, 0.25) is 0 Å². The third kappa shape index (κ3) is 5.03. The largest absolute Gasteiger partial charge is 0.477 e. The standard InChI is InChI=1S/C24H36N8O5S/c1-11-17-16(12(2)26-15(33)10-31-23(24(3,4)5)27-28-29-31)21(35)32(17)18(22(36)37)19(11)38-13-8-14(25-9-13)20(34)30(6)7/h11-14,16-17,25H,8-10H2,1-7H3,(H,26,33)(H,36,37)/t11-,12-,13+,14+,16-,17-/m1/s1. The molecule has 0 aromatic carbocycles. The Labute approximate surface area is 225 Å². The van der Waals surface area contributed by atoms with E-state index in [9.17, 15) is 24.3 Å². The molecular formula is C24H36N8O5S. The van der Waals surface area contributed by atoms with Crippen molar-refractivity contribution in [1.82, 2.24) is 40.6 Å². The van der Waals surface area contributed by atoms with Crippen molar-refractivity contribution in [2.75, 3.05) is 20.6 Å². The second-order valence-electron chi connectivity index (χ2n) is 11.5. The minimum Gasteiger partial charge on any atom is -0.477 e. The van der Waals surface area contributed by atoms with Crippen molar-refractivity contribution in [1.29, 1.82) is 0 Å². The molecule has 3 amide bonds. The first-order chi connectivity index (χ1) is 17.7. The van der Waals surface area contributed by atoms with Gasteiger partial charge in [0.25, 0.3) is 0 Å². The van der Waals surface area contributed by atoms with Crippen LogP contribution in [0.25, 0.3) is 0 Å². The van der Waals surface area contributed by atoms with Crippen molar-refractivity contribution in [3.63, 3.8) is 0 Å². The van der Waals surface area contributed by atoms with E-state index < -0.39 is 17.9 Å². The minimum absolute atomic E-state index is 0.00776. The Morgan fingerprint density at radius 1 is 1.29 bits per heavy atom. The maximum absolute atomic E-state index is 13.2. The van der Waals surface area contributed by atoms with Crippen LogP contribution in [0.1, 0.15) is 46.9 Å². The highest BCUT2D eigenvalue weighted by molar-refractivity contribution is 8.03. The van der Waals surface area contributed by atoms with E-state index >= 15 is 0 Å². The molecule has 0 bridgehead atoms. The topological polar surface area (TPSA) is 163 Å². The molecule has 0 saturated carbocycles. The number of carbonyl (C=O) groups is 4. The van der Waals surface area contributed by atoms with Crippen molar-refractivity contribution >= 4 is 35.5 Å². The van der Waals surface area contributed by atoms with Gasteiger partial charge < -0.3 is 25.5 Å². The molecule has 0 spiro atoms. The maximum atomic E-state index is 13.2. The van der Waals surface area contributed by atoms with E-state index in [1.807, 2.05) is 27.7 Å². The molecule has 3 aliphatic rings. The number of hydrogen-bond acceptors (Lipinski definition) is 9. The molecule has 14 heteroatoms. The zero-order valence-electron chi connectivity index (χ0n) is 22.8. The molecule has 13 nitrogen and oxygen atoms in total. The molecule has 4 heterocycles. The molecule has 1 aromatic heterocycles. The normalized spacial score (nSPS) is 27.7. The molecule has 208 valence electrons. The molecule has 2 fully saturated rings. The first kappa shape index (κ1) is 28.0. The summed E-state index contributed by atoms with van der Waals surface area (Å²) in [7, 11) is 3.41. The molecule has 3 aliphatic heterocycles. The lowest BCUT2D eigenvalue weighted by molar-refractivity contribution is -0.158. The number of aliphatic carboxylic acids is 1. The number of nitrogens with one attached hydrogen (secondary N) is 2. The number of nitrogens with zero attached hydrogens (tertiary/aromatic N) is 6. The highest BCUT2D eigenvalue weighted by atomic mass is 32.2. The summed E-state index contributed by atoms with van der Waals surface area (Å²) in [5, 5.41) is 27.7. The summed E-state index contributed by atoms with van der Waals surface area (Å²) in [6.45, 7) is 10.0. The fourth-order valence-corrected chi connectivity index (χ4v) is 7.02. The number of fused-ring (bicyclic) bond motifs is 1. The van der Waals surface area contributed by atoms with Crippen molar-refractivity contribution in [3.05, 3.63) is 16.4 Å². The van der Waals surface area contributed by atoms with Crippen LogP contribution in [0.5, 0.6) is 0 Å². The Morgan fingerprint density at radius 2 is 1.97 bits per heavy atom. The summed E-state index contributed by atoms with van der Waals surface area (Å²) >= 11 is 1.43. The number of carboxylic acid groups (broad SMARTS) is 1. The number of hydrogen-bond donors (Lipinski definition) is 3. The Kier molecular flexibility index (Phi) is 7.58. The number of aromatic nitrogens is 4. The van der Waals surface area contributed by atoms with E-state index in [0.29, 0.717) is 23.7 Å². The summed E-state index contributed by atoms with van der Waals surface area (Å²) in [6, 6.07) is -1.19. The van der Waals surface area contributed by atoms with Crippen LogP contribution in [-0.4, -0.2) is 103 Å². The molecule has 0 radical (unpaired) electrons. The van der Waals surface area contributed by atoms with Gasteiger partial charge in [0, 0.05) is 48.2 Å². The fourth-order valence-electron chi connectivity index (χ4n) is 5.54. The monoisotopic (exact) mass is 548 g/mol. The molecule has 1 aromatic rings. The third-order valence-electron chi connectivity index (χ3n) is 7.34. The Bertz CT molecular complexity index is 1170. The van der Waals surface area contributed by atoms with Crippen LogP contribution < -0.4 is 10.6 Å². The lowest BCUT2D eigenvalue weighted by Gasteiger charge is -2.47. The average molecular weight is 549 g/mol. The zero-order chi connectivity index (χ0) is 28.1. The van der Waals surface area contributed by atoms with Crippen LogP contribution in [-0.2, 0) is 31.1 Å². The summed E-state index contributed by atoms with van der Waals surface area (Å²) < 4.78 is 1.44. The summed E-state index contributed by atoms with van der Waals surface area (Å²) in [4.78, 5) is 54.2. The number of likely N-dealkylation sites (N-methyl/N-ethyl adjacent to an activating group) is 1. The van der Waals surface area contributed by atoms with Crippen LogP contribution in [0.4, 0.5) is 0 Å². The lowest BCUT2D eigenvalue weighted by atomic mass is 9.78. The molecule has 4 rings (SSSR count). The molecule has 3 N–H and O–H groups in total. The van der Waals surface area contributed by atoms with Crippen molar-refractivity contribution < 1.29 is 24.3 Å². The van der Waals surface area contributed by atoms with Crippen molar-refractivity contribution in [2.45, 2.75) is 76.4 Å². The fraction of sp³-hybridized carbons (Fsp3) is 0.708. The SMILES string of the molecule is C[C@@H](NC(=O)Cn1nnnc1C(C)(C)C)[C@H]1C(=O)N2C(C(=O)O)=C(S[C@@H]3CN[C@H](C(=O)N(C)C)C3)[C@H](C)[C@H]12. The highest BCUT2D eigenvalue weighted by Crippen LogP contribution is 2.51. The lowest BCUT2D eigenvalue weighted by Crippen LogP contribution is -2.66. The van der Waals surface area contributed by atoms with Gasteiger partial charge in [-0.05, 0) is 23.8 Å². The van der Waals surface area contributed by atoms with Crippen LogP contribution >= 0.6 is 11.8 Å². The number of amides is 3. The predicted octanol–water partition coefficient (Wildman–Crippen LogP) is -0.200. The van der Waals surface area contributed by atoms with E-state index in [-0.39, 0.29) is 58.6 Å². The van der Waals surface area contributed by atoms with E-state index in [4.69, 9.17) is 0 Å². The van der Waals surface area contributed by atoms with Gasteiger partial charge in [-0.1, -0.05) is 27.7 Å². The van der Waals surface area contributed by atoms with Gasteiger partial charge in [-0.3, -0.25) is 14.4 Å². The van der Waals surface area contributed by atoms with E-state index in [1.54, 1.807) is 25.9 Å². The second kappa shape index (κ2) is 10.3. The molecule has 6 atom stereocenters. The molecule has 38 heavy (non-hydrogen) atoms. The van der Waals surface area contributed by atoms with Gasteiger partial charge in [0.2, 0.25) is 17.7 Å². The first-order valence-corrected chi connectivity index (χ1v) is 13.6. The number of carbonyl (C=O) groups excluding carboxylic acids is 3. The molecule has 2 saturated heterocycles. The number of tetrazole rings is 1. The van der Waals surface area contributed by atoms with E-state index in [1.165, 1.54) is 21.3 Å². The quantitative estimate of drug-likeness (QED) is 0.371. The van der Waals surface area contributed by atoms with Gasteiger partial charge in [-0.2, -0.15) is 0 Å². The maximum Gasteiger partial charge on any atom is 0.353 e. The van der Waals surface area contributed by atoms with Gasteiger partial charge in [-0.25, -0.2) is 9.48 Å². The molecule has 0 aliphatic carbocycles. The third-order valence-corrected chi connectivity index (χ3v) is 8.85. The summed E-state index contributed by atoms with van der Waals surface area (Å²) in [6.07, 6.45) is 0.576. The average Bonchev–Trinajstić information content (AvgIpc) is 3.51. The van der Waals surface area contributed by atoms with Crippen molar-refractivity contribution in [2.24, 2.45) is 11.8 Å². The van der Waals surface area contributed by atoms with Crippen LogP contribution in [0, 0.1) is 11.8 Å². The number of rotatable bonds is 8. The molecular weight excluding hydrogens is 512 g/mol. The van der Waals surface area contributed by atoms with Crippen molar-refractivity contribution in [3.8, 4) is 0 Å². The Balaban J connectivity index is 1.43. The Morgan fingerprint density at radius 3 is 2.58 bits per heavy atom. The predicted molar refractivity (Wildman–Crippen MR) is 139 cm³/mol. The van der Waals surface area contributed by atoms with Crippen LogP contribution in [0.15, 0.2) is 10.6 Å². The van der Waals surface area contributed by atoms with Gasteiger partial charge in [-0.15, -0.1) is 16.9 Å². The Hall–Kier alpha value is -3.00. The van der Waals surface area contributed by atoms with Gasteiger partial charge in [0.15, 0.2) is 5.82 Å². The van der Waals surface area contributed by atoms with Gasteiger partial charge in [0.05, 0.1) is 18.0 Å². The number of carboxylic acids is 1. The first-order valence-electron chi connectivity index (χ1n) is 12.7. The van der Waals surface area contributed by atoms with E-state index in [2.05, 4.69) is 26.2 Å². The summed E-state index contributed by atoms with van der Waals surface area (Å²) in [5.74, 6) is -2.01. The minimum atomic E-state index is -1.15. The van der Waals surface area contributed by atoms with Gasteiger partial charge >= 0.3 is 5.97 Å².